The van der Waals surface area contributed by atoms with E-state index < -0.39 is 109 Å². The van der Waals surface area contributed by atoms with Gasteiger partial charge in [-0.3, -0.25) is 76.9 Å². The monoisotopic (exact) mass is 2020 g/mol. The molecule has 0 radical (unpaired) electrons. The molecule has 12 N–H and O–H groups in total. The Labute approximate surface area is 860 Å². The van der Waals surface area contributed by atoms with Gasteiger partial charge in [0, 0.05) is 92.7 Å². The van der Waals surface area contributed by atoms with E-state index in [0.717, 1.165) is 106 Å². The van der Waals surface area contributed by atoms with Crippen molar-refractivity contribution in [2.75, 3.05) is 59.5 Å². The number of nitrogens with zero attached hydrogens (tertiary/aromatic N) is 4. The highest BCUT2D eigenvalue weighted by atomic mass is 16.7. The minimum absolute atomic E-state index is 0.0339. The van der Waals surface area contributed by atoms with Gasteiger partial charge in [0.05, 0.1) is 26.7 Å². The predicted octanol–water partition coefficient (Wildman–Crippen LogP) is 14.5. The Kier molecular flexibility index (Phi) is 44.5. The van der Waals surface area contributed by atoms with Crippen molar-refractivity contribution in [1.82, 2.24) is 84.1 Å². The molecule has 0 spiro atoms. The maximum Gasteiger partial charge on any atom is 0.408 e. The summed E-state index contributed by atoms with van der Waals surface area (Å²) >= 11 is 0. The number of carbonyl (C=O) groups is 13. The van der Waals surface area contributed by atoms with E-state index in [9.17, 15) is 62.3 Å². The van der Waals surface area contributed by atoms with Crippen molar-refractivity contribution in [2.24, 2.45) is 0 Å². The van der Waals surface area contributed by atoms with Gasteiger partial charge in [-0.05, 0) is 384 Å². The molecule has 0 bridgehead atoms. The maximum atomic E-state index is 14.6. The number of piperidine rings is 4. The van der Waals surface area contributed by atoms with Crippen LogP contribution < -0.4 is 63.8 Å². The van der Waals surface area contributed by atoms with Gasteiger partial charge in [-0.15, -0.1) is 0 Å². The van der Waals surface area contributed by atoms with Crippen molar-refractivity contribution < 1.29 is 91.2 Å². The number of ether oxygens (including phenoxy) is 2. The molecule has 8 rings (SSSR count). The number of benzene rings is 4. The van der Waals surface area contributed by atoms with Gasteiger partial charge in [0.1, 0.15) is 60.7 Å². The van der Waals surface area contributed by atoms with Gasteiger partial charge in [-0.1, -0.05) is 48.5 Å². The average molecular weight is 2020 g/mol. The molecule has 8 atom stereocenters. The van der Waals surface area contributed by atoms with Gasteiger partial charge in [0.15, 0.2) is 0 Å². The SMILES string of the molecule is COC(=O)CNC(=O)[C@H](CCCCNC(=O)c1ccc(C(C)ON2C(C)(C)CCCC2(C)C)cc1)NC(=O)CNC(=O)[C@H](CCCCNC(=O)c1ccc(C(C)ON2C(C)(C)CCCC2(C)C)cc1)NC(=O)CNC(=O)[C@H](CCCCNC(=O)c1ccc(C(C)ON2C(C)(C)CCCC2(C)C)cc1)NC(=O)CNC(=O)[C@H](CCCCNC(=O)c1ccc(C(C)ON2C(C)(C)CCCC2(C)C)cc1)NC(=O)OC(C)(C)C. The number of amides is 12. The van der Waals surface area contributed by atoms with E-state index in [2.05, 4.69) is 195 Å². The standard InChI is InChI=1S/C110H172N16O19/c1-73(142-123-103(8,9)57-33-58-104(123,10)11)77-41-49-81(50-42-77)93(131)111-65-29-25-37-85(97(135)116-70-90(128)121-87(99(137)118-72-92(130)140-24)39-27-31-67-113-95(133)83-53-45-79(46-54-83)75(3)144-125-107(16,17)61-35-62-108(125,18)19)119-89(127)69-115-98(136)86(38-26-30-66-112-94(132)82-51-43-78(44-52-82)74(2)143-124-105(12,13)59-34-60-106(124,14)15)120-91(129)71-117-100(138)88(122-101(139)141-102(5,6)7)40-28-32-68-114-96(134)84-55-47-80(48-56-84)76(4)145-126-109(20,21)63-36-64-110(126,22)23/h41-56,73-76,85-88H,25-40,57-72H2,1-24H3,(H,111,131)(H,112,132)(H,113,133)(H,114,134)(H,115,136)(H,116,135)(H,117,138)(H,118,137)(H,119,127)(H,120,129)(H,121,128)(H,122,139)/t73?,74?,75?,76?,85-,86-,87-,88-/m0/s1. The zero-order valence-corrected chi connectivity index (χ0v) is 91.0. The second-order valence-corrected chi connectivity index (χ2v) is 45.6. The number of methoxy groups -OCH3 is 1. The summed E-state index contributed by atoms with van der Waals surface area (Å²) in [6.45, 7) is 45.8. The number of hydrogen-bond donors (Lipinski definition) is 12. The first-order chi connectivity index (χ1) is 67.9. The van der Waals surface area contributed by atoms with Gasteiger partial charge in [-0.25, -0.2) is 4.79 Å². The largest absolute Gasteiger partial charge is 0.468 e. The van der Waals surface area contributed by atoms with Crippen molar-refractivity contribution in [3.63, 3.8) is 0 Å². The van der Waals surface area contributed by atoms with Gasteiger partial charge in [0.2, 0.25) is 41.4 Å². The number of esters is 1. The van der Waals surface area contributed by atoms with E-state index in [1.807, 2.05) is 76.2 Å². The number of unbranched alkanes of at least 4 members (excludes halogenated alkanes) is 4. The van der Waals surface area contributed by atoms with E-state index in [-0.39, 0.29) is 157 Å². The number of nitrogens with one attached hydrogen (secondary N) is 12. The minimum atomic E-state index is -1.38. The normalized spacial score (nSPS) is 19.0. The highest BCUT2D eigenvalue weighted by Gasteiger charge is 2.48. The molecule has 4 saturated heterocycles. The van der Waals surface area contributed by atoms with Crippen LogP contribution in [0.15, 0.2) is 97.1 Å². The Morgan fingerprint density at radius 3 is 0.690 bits per heavy atom. The molecule has 4 fully saturated rings. The van der Waals surface area contributed by atoms with Crippen LogP contribution in [0.4, 0.5) is 4.79 Å². The van der Waals surface area contributed by atoms with Crippen LogP contribution in [0.1, 0.15) is 401 Å². The molecule has 4 aromatic carbocycles. The topological polar surface area (TPSA) is 435 Å². The fraction of sp³-hybridized carbons (Fsp3) is 0.664. The lowest BCUT2D eigenvalue weighted by Gasteiger charge is -2.52. The van der Waals surface area contributed by atoms with Crippen molar-refractivity contribution in [1.29, 1.82) is 0 Å². The molecule has 806 valence electrons. The van der Waals surface area contributed by atoms with Gasteiger partial charge in [-0.2, -0.15) is 20.3 Å². The van der Waals surface area contributed by atoms with Crippen LogP contribution in [-0.4, -0.2) is 231 Å². The Hall–Kier alpha value is -10.5. The van der Waals surface area contributed by atoms with Crippen LogP contribution in [0.2, 0.25) is 0 Å². The third-order valence-electron chi connectivity index (χ3n) is 28.0. The number of alkyl carbamates (subject to hydrolysis) is 1. The molecule has 4 aromatic rings. The lowest BCUT2D eigenvalue weighted by atomic mass is 9.82. The molecule has 4 unspecified atom stereocenters. The summed E-state index contributed by atoms with van der Waals surface area (Å²) < 4.78 is 10.3. The fourth-order valence-corrected chi connectivity index (χ4v) is 20.1. The Morgan fingerprint density at radius 2 is 0.490 bits per heavy atom. The lowest BCUT2D eigenvalue weighted by Crippen LogP contribution is -2.58. The third kappa shape index (κ3) is 37.4. The van der Waals surface area contributed by atoms with Crippen LogP contribution in [0.5, 0.6) is 0 Å². The number of hydroxylamine groups is 8. The average Bonchev–Trinajstić information content (AvgIpc) is 0.789. The first-order valence-corrected chi connectivity index (χ1v) is 52.4. The summed E-state index contributed by atoms with van der Waals surface area (Å²) in [5, 5.41) is 40.9. The number of hydrogen-bond acceptors (Lipinski definition) is 23. The summed E-state index contributed by atoms with van der Waals surface area (Å²) in [5.74, 6) is -7.80. The van der Waals surface area contributed by atoms with Crippen LogP contribution >= 0.6 is 0 Å². The Morgan fingerprint density at radius 1 is 0.290 bits per heavy atom. The molecule has 145 heavy (non-hydrogen) atoms. The number of rotatable bonds is 52. The molecule has 35 nitrogen and oxygen atoms in total. The third-order valence-corrected chi connectivity index (χ3v) is 28.0. The summed E-state index contributed by atoms with van der Waals surface area (Å²) in [7, 11) is 1.15. The first kappa shape index (κ1) is 120. The molecule has 0 aliphatic carbocycles. The van der Waals surface area contributed by atoms with E-state index >= 15 is 0 Å². The Balaban J connectivity index is 0.924. The molecule has 4 heterocycles. The molecular weight excluding hydrogens is 1850 g/mol. The summed E-state index contributed by atoms with van der Waals surface area (Å²) in [6, 6.07) is 23.6. The van der Waals surface area contributed by atoms with E-state index in [4.69, 9.17) is 28.8 Å². The predicted molar refractivity (Wildman–Crippen MR) is 557 cm³/mol. The zero-order valence-electron chi connectivity index (χ0n) is 91.0. The van der Waals surface area contributed by atoms with Crippen molar-refractivity contribution in [3.8, 4) is 0 Å². The second-order valence-electron chi connectivity index (χ2n) is 45.6. The van der Waals surface area contributed by atoms with Crippen molar-refractivity contribution in [2.45, 2.75) is 412 Å². The second kappa shape index (κ2) is 53.9. The zero-order chi connectivity index (χ0) is 107. The van der Waals surface area contributed by atoms with Crippen LogP contribution in [0.3, 0.4) is 0 Å². The maximum absolute atomic E-state index is 14.6. The van der Waals surface area contributed by atoms with Crippen molar-refractivity contribution in [3.05, 3.63) is 142 Å². The summed E-state index contributed by atoms with van der Waals surface area (Å²) in [4.78, 5) is 205. The van der Waals surface area contributed by atoms with Gasteiger partial charge in [0.25, 0.3) is 23.6 Å². The smallest absolute Gasteiger partial charge is 0.408 e. The van der Waals surface area contributed by atoms with Gasteiger partial charge < -0.3 is 73.3 Å². The highest BCUT2D eigenvalue weighted by Crippen LogP contribution is 2.45. The summed E-state index contributed by atoms with van der Waals surface area (Å²) in [5.41, 5.74) is 2.87. The molecule has 4 aliphatic heterocycles. The van der Waals surface area contributed by atoms with E-state index in [1.165, 1.54) is 0 Å². The highest BCUT2D eigenvalue weighted by molar-refractivity contribution is 5.98. The van der Waals surface area contributed by atoms with Crippen LogP contribution in [-0.2, 0) is 67.2 Å². The van der Waals surface area contributed by atoms with Crippen molar-refractivity contribution >= 4 is 77.0 Å². The molecule has 0 aromatic heterocycles. The molecule has 12 amide bonds. The quantitative estimate of drug-likeness (QED) is 0.0144. The molecule has 0 saturated carbocycles. The van der Waals surface area contributed by atoms with Gasteiger partial charge >= 0.3 is 12.1 Å². The first-order valence-electron chi connectivity index (χ1n) is 52.4. The fourth-order valence-electron chi connectivity index (χ4n) is 20.1. The molecule has 4 aliphatic rings. The minimum Gasteiger partial charge on any atom is -0.468 e. The van der Waals surface area contributed by atoms with Crippen LogP contribution in [0.25, 0.3) is 0 Å². The molecule has 35 heteroatoms. The summed E-state index contributed by atoms with van der Waals surface area (Å²) in [6.07, 6.45) is 12.6. The number of carbonyl (C=O) groups excluding carboxylic acids is 13. The van der Waals surface area contributed by atoms with E-state index in [1.54, 1.807) is 69.3 Å². The Bertz CT molecular complexity index is 4890. The molecular formula is C110H172N16O19. The van der Waals surface area contributed by atoms with E-state index in [0.29, 0.717) is 60.8 Å². The lowest BCUT2D eigenvalue weighted by molar-refractivity contribution is -0.304. The van der Waals surface area contributed by atoms with Crippen LogP contribution in [0, 0.1) is 0 Å².